The Morgan fingerprint density at radius 1 is 1.50 bits per heavy atom. The second-order valence-corrected chi connectivity index (χ2v) is 3.41. The zero-order chi connectivity index (χ0) is 10.9. The van der Waals surface area contributed by atoms with Crippen molar-refractivity contribution in [3.8, 4) is 0 Å². The molecule has 1 aromatic heterocycles. The van der Waals surface area contributed by atoms with Gasteiger partial charge >= 0.3 is 5.69 Å². The largest absolute Gasteiger partial charge is 0.309 e. The zero-order valence-corrected chi connectivity index (χ0v) is 9.05. The Labute approximate surface area is 87.1 Å². The van der Waals surface area contributed by atoms with E-state index in [9.17, 15) is 10.1 Å². The molecule has 0 spiro atoms. The number of halogens is 1. The molecule has 0 aliphatic carbocycles. The number of pyridine rings is 1. The first-order valence-corrected chi connectivity index (χ1v) is 4.66. The lowest BCUT2D eigenvalue weighted by Gasteiger charge is -2.07. The molecule has 4 nitrogen and oxygen atoms in total. The van der Waals surface area contributed by atoms with Gasteiger partial charge in [0.1, 0.15) is 0 Å². The summed E-state index contributed by atoms with van der Waals surface area (Å²) in [6, 6.07) is 0. The van der Waals surface area contributed by atoms with Crippen LogP contribution in [0.15, 0.2) is 0 Å². The summed E-state index contributed by atoms with van der Waals surface area (Å²) in [5, 5.41) is 10.7. The molecule has 76 valence electrons. The standard InChI is InChI=1S/C9H11ClN2O2/c1-4-7-5(2)8(12(13)14)9(10)11-6(7)3/h4H2,1-3H3. The molecule has 0 N–H and O–H groups in total. The maximum absolute atomic E-state index is 10.7. The molecule has 1 heterocycles. The summed E-state index contributed by atoms with van der Waals surface area (Å²) >= 11 is 5.71. The predicted octanol–water partition coefficient (Wildman–Crippen LogP) is 2.82. The van der Waals surface area contributed by atoms with Gasteiger partial charge in [-0.1, -0.05) is 18.5 Å². The number of hydrogen-bond acceptors (Lipinski definition) is 3. The maximum Gasteiger partial charge on any atom is 0.309 e. The van der Waals surface area contributed by atoms with Gasteiger partial charge < -0.3 is 0 Å². The molecule has 0 aliphatic rings. The van der Waals surface area contributed by atoms with Crippen LogP contribution in [-0.4, -0.2) is 9.91 Å². The molecule has 0 saturated heterocycles. The van der Waals surface area contributed by atoms with Gasteiger partial charge in [-0.3, -0.25) is 10.1 Å². The van der Waals surface area contributed by atoms with Gasteiger partial charge in [-0.25, -0.2) is 4.98 Å². The van der Waals surface area contributed by atoms with E-state index < -0.39 is 4.92 Å². The van der Waals surface area contributed by atoms with Gasteiger partial charge in [0.25, 0.3) is 0 Å². The fourth-order valence-electron chi connectivity index (χ4n) is 1.57. The molecule has 0 aliphatic heterocycles. The molecule has 1 aromatic rings. The second-order valence-electron chi connectivity index (χ2n) is 3.05. The average molecular weight is 215 g/mol. The van der Waals surface area contributed by atoms with E-state index in [2.05, 4.69) is 4.98 Å². The van der Waals surface area contributed by atoms with Gasteiger partial charge in [0, 0.05) is 11.3 Å². The van der Waals surface area contributed by atoms with Crippen molar-refractivity contribution < 1.29 is 4.92 Å². The van der Waals surface area contributed by atoms with Crippen molar-refractivity contribution in [2.24, 2.45) is 0 Å². The van der Waals surface area contributed by atoms with Crippen molar-refractivity contribution in [2.75, 3.05) is 0 Å². The van der Waals surface area contributed by atoms with Crippen LogP contribution < -0.4 is 0 Å². The molecule has 0 fully saturated rings. The van der Waals surface area contributed by atoms with Crippen LogP contribution in [0, 0.1) is 24.0 Å². The number of nitro groups is 1. The molecular weight excluding hydrogens is 204 g/mol. The van der Waals surface area contributed by atoms with Crippen molar-refractivity contribution in [3.63, 3.8) is 0 Å². The number of aryl methyl sites for hydroxylation is 1. The third kappa shape index (κ3) is 1.70. The van der Waals surface area contributed by atoms with E-state index in [0.717, 1.165) is 17.7 Å². The van der Waals surface area contributed by atoms with Gasteiger partial charge in [0.05, 0.1) is 4.92 Å². The van der Waals surface area contributed by atoms with Crippen LogP contribution in [0.25, 0.3) is 0 Å². The Balaban J connectivity index is 3.52. The Kier molecular flexibility index (Phi) is 3.06. The molecule has 0 unspecified atom stereocenters. The first-order chi connectivity index (χ1) is 6.49. The highest BCUT2D eigenvalue weighted by Crippen LogP contribution is 2.30. The predicted molar refractivity (Wildman–Crippen MR) is 54.8 cm³/mol. The summed E-state index contributed by atoms with van der Waals surface area (Å²) in [4.78, 5) is 14.2. The summed E-state index contributed by atoms with van der Waals surface area (Å²) in [7, 11) is 0. The molecule has 14 heavy (non-hydrogen) atoms. The van der Waals surface area contributed by atoms with Crippen LogP contribution in [-0.2, 0) is 6.42 Å². The lowest BCUT2D eigenvalue weighted by atomic mass is 10.0. The van der Waals surface area contributed by atoms with E-state index in [1.165, 1.54) is 0 Å². The van der Waals surface area contributed by atoms with E-state index in [-0.39, 0.29) is 10.8 Å². The number of rotatable bonds is 2. The van der Waals surface area contributed by atoms with Crippen LogP contribution in [0.4, 0.5) is 5.69 Å². The molecule has 0 saturated carbocycles. The molecule has 1 rings (SSSR count). The summed E-state index contributed by atoms with van der Waals surface area (Å²) in [5.74, 6) is 0. The van der Waals surface area contributed by atoms with Crippen molar-refractivity contribution in [1.82, 2.24) is 4.98 Å². The van der Waals surface area contributed by atoms with Crippen molar-refractivity contribution >= 4 is 17.3 Å². The van der Waals surface area contributed by atoms with Crippen LogP contribution in [0.1, 0.15) is 23.7 Å². The highest BCUT2D eigenvalue weighted by atomic mass is 35.5. The van der Waals surface area contributed by atoms with Crippen LogP contribution in [0.3, 0.4) is 0 Å². The van der Waals surface area contributed by atoms with Gasteiger partial charge in [-0.15, -0.1) is 0 Å². The molecule has 5 heteroatoms. The van der Waals surface area contributed by atoms with Crippen molar-refractivity contribution in [2.45, 2.75) is 27.2 Å². The molecule has 0 radical (unpaired) electrons. The van der Waals surface area contributed by atoms with E-state index in [1.54, 1.807) is 13.8 Å². The van der Waals surface area contributed by atoms with E-state index in [0.29, 0.717) is 5.56 Å². The van der Waals surface area contributed by atoms with E-state index in [1.807, 2.05) is 6.92 Å². The first kappa shape index (κ1) is 10.9. The maximum atomic E-state index is 10.7. The lowest BCUT2D eigenvalue weighted by molar-refractivity contribution is -0.385. The summed E-state index contributed by atoms with van der Waals surface area (Å²) in [6.45, 7) is 5.45. The summed E-state index contributed by atoms with van der Waals surface area (Å²) < 4.78 is 0. The monoisotopic (exact) mass is 214 g/mol. The number of hydrogen-bond donors (Lipinski definition) is 0. The van der Waals surface area contributed by atoms with Gasteiger partial charge in [-0.2, -0.15) is 0 Å². The summed E-state index contributed by atoms with van der Waals surface area (Å²) in [5.41, 5.74) is 2.21. The van der Waals surface area contributed by atoms with Crippen molar-refractivity contribution in [3.05, 3.63) is 32.1 Å². The Morgan fingerprint density at radius 3 is 2.50 bits per heavy atom. The molecule has 0 amide bonds. The molecule has 0 bridgehead atoms. The topological polar surface area (TPSA) is 56.0 Å². The van der Waals surface area contributed by atoms with E-state index in [4.69, 9.17) is 11.6 Å². The molecule has 0 aromatic carbocycles. The number of aromatic nitrogens is 1. The third-order valence-corrected chi connectivity index (χ3v) is 2.51. The average Bonchev–Trinajstić information content (AvgIpc) is 2.02. The minimum absolute atomic E-state index is 0.0257. The first-order valence-electron chi connectivity index (χ1n) is 4.29. The Bertz CT molecular complexity index is 391. The van der Waals surface area contributed by atoms with E-state index >= 15 is 0 Å². The quantitative estimate of drug-likeness (QED) is 0.432. The smallest absolute Gasteiger partial charge is 0.258 e. The second kappa shape index (κ2) is 3.92. The van der Waals surface area contributed by atoms with Crippen LogP contribution >= 0.6 is 11.6 Å². The normalized spacial score (nSPS) is 10.3. The van der Waals surface area contributed by atoms with Crippen molar-refractivity contribution in [1.29, 1.82) is 0 Å². The lowest BCUT2D eigenvalue weighted by Crippen LogP contribution is -2.02. The summed E-state index contributed by atoms with van der Waals surface area (Å²) in [6.07, 6.45) is 0.725. The Morgan fingerprint density at radius 2 is 2.07 bits per heavy atom. The fraction of sp³-hybridized carbons (Fsp3) is 0.444. The minimum atomic E-state index is -0.483. The van der Waals surface area contributed by atoms with Crippen LogP contribution in [0.2, 0.25) is 5.15 Å². The fourth-order valence-corrected chi connectivity index (χ4v) is 1.91. The number of nitrogens with zero attached hydrogens (tertiary/aromatic N) is 2. The highest BCUT2D eigenvalue weighted by molar-refractivity contribution is 6.31. The Hall–Kier alpha value is -1.16. The minimum Gasteiger partial charge on any atom is -0.258 e. The zero-order valence-electron chi connectivity index (χ0n) is 8.30. The van der Waals surface area contributed by atoms with Crippen LogP contribution in [0.5, 0.6) is 0 Å². The van der Waals surface area contributed by atoms with Gasteiger partial charge in [0.2, 0.25) is 5.15 Å². The van der Waals surface area contributed by atoms with Gasteiger partial charge in [0.15, 0.2) is 0 Å². The third-order valence-electron chi connectivity index (χ3n) is 2.24. The SMILES string of the molecule is CCc1c(C)nc(Cl)c([N+](=O)[O-])c1C. The highest BCUT2D eigenvalue weighted by Gasteiger charge is 2.21. The molecule has 0 atom stereocenters. The van der Waals surface area contributed by atoms with Gasteiger partial charge in [-0.05, 0) is 25.8 Å². The molecular formula is C9H11ClN2O2.